The van der Waals surface area contributed by atoms with Crippen molar-refractivity contribution in [3.05, 3.63) is 40.7 Å². The van der Waals surface area contributed by atoms with Crippen molar-refractivity contribution in [3.8, 4) is 0 Å². The van der Waals surface area contributed by atoms with Crippen LogP contribution in [-0.2, 0) is 32.5 Å². The number of halogens is 1. The maximum atomic E-state index is 13.4. The molecule has 1 saturated heterocycles. The maximum Gasteiger partial charge on any atom is 0.255 e. The summed E-state index contributed by atoms with van der Waals surface area (Å²) < 4.78 is 45.6. The minimum absolute atomic E-state index is 0.0672. The van der Waals surface area contributed by atoms with Gasteiger partial charge in [0.05, 0.1) is 17.1 Å². The van der Waals surface area contributed by atoms with Gasteiger partial charge >= 0.3 is 0 Å². The van der Waals surface area contributed by atoms with E-state index in [1.165, 1.54) is 33.8 Å². The second-order valence-corrected chi connectivity index (χ2v) is 9.45. The van der Waals surface area contributed by atoms with Gasteiger partial charge in [0.1, 0.15) is 11.9 Å². The number of carbonyl (C=O) groups is 1. The predicted octanol–water partition coefficient (Wildman–Crippen LogP) is 2.15. The van der Waals surface area contributed by atoms with E-state index in [4.69, 9.17) is 4.74 Å². The first kappa shape index (κ1) is 18.5. The number of nitrogens with zero attached hydrogens (tertiary/aromatic N) is 2. The van der Waals surface area contributed by atoms with E-state index in [1.807, 2.05) is 0 Å². The molecule has 27 heavy (non-hydrogen) atoms. The topological polar surface area (TPSA) is 88.6 Å². The average molecular weight is 411 g/mol. The number of amides is 1. The maximum absolute atomic E-state index is 13.4. The third kappa shape index (κ3) is 3.75. The van der Waals surface area contributed by atoms with E-state index in [1.54, 1.807) is 0 Å². The van der Waals surface area contributed by atoms with Crippen LogP contribution >= 0.6 is 11.3 Å². The first-order valence-electron chi connectivity index (χ1n) is 8.60. The molecular formula is C17H18FN3O4S2. The second-order valence-electron chi connectivity index (χ2n) is 6.43. The van der Waals surface area contributed by atoms with Crippen LogP contribution in [0.15, 0.2) is 29.2 Å². The quantitative estimate of drug-likeness (QED) is 0.833. The molecule has 144 valence electrons. The molecule has 2 aliphatic rings. The fourth-order valence-electron chi connectivity index (χ4n) is 3.18. The van der Waals surface area contributed by atoms with Crippen LogP contribution in [0.4, 0.5) is 9.52 Å². The summed E-state index contributed by atoms with van der Waals surface area (Å²) in [6, 6.07) is 4.99. The van der Waals surface area contributed by atoms with Gasteiger partial charge in [0, 0.05) is 24.4 Å². The molecule has 1 fully saturated rings. The van der Waals surface area contributed by atoms with E-state index in [2.05, 4.69) is 10.3 Å². The van der Waals surface area contributed by atoms with Gasteiger partial charge < -0.3 is 4.74 Å². The van der Waals surface area contributed by atoms with Crippen molar-refractivity contribution >= 4 is 32.4 Å². The third-order valence-corrected chi connectivity index (χ3v) is 7.42. The Kier molecular flexibility index (Phi) is 4.97. The lowest BCUT2D eigenvalue weighted by Gasteiger charge is -2.25. The number of aromatic nitrogens is 1. The van der Waals surface area contributed by atoms with Crippen molar-refractivity contribution in [2.45, 2.75) is 36.8 Å². The highest BCUT2D eigenvalue weighted by molar-refractivity contribution is 7.89. The summed E-state index contributed by atoms with van der Waals surface area (Å²) in [5, 5.41) is 3.21. The normalized spacial score (nSPS) is 20.4. The Hall–Kier alpha value is -1.88. The smallest absolute Gasteiger partial charge is 0.255 e. The number of sulfonamides is 1. The Labute approximate surface area is 160 Å². The SMILES string of the molecule is O=C(Nc1nc2c(s1)CN(S(=O)(=O)c1cccc(F)c1)CC2)C1CCCO1. The molecule has 1 N–H and O–H groups in total. The number of carbonyl (C=O) groups excluding carboxylic acids is 1. The van der Waals surface area contributed by atoms with Gasteiger partial charge in [-0.1, -0.05) is 6.07 Å². The van der Waals surface area contributed by atoms with Crippen LogP contribution in [0.25, 0.3) is 0 Å². The Morgan fingerprint density at radius 2 is 2.26 bits per heavy atom. The summed E-state index contributed by atoms with van der Waals surface area (Å²) in [6.07, 6.45) is 1.54. The highest BCUT2D eigenvalue weighted by atomic mass is 32.2. The summed E-state index contributed by atoms with van der Waals surface area (Å²) in [6.45, 7) is 0.996. The van der Waals surface area contributed by atoms with Crippen LogP contribution in [0.5, 0.6) is 0 Å². The van der Waals surface area contributed by atoms with Crippen molar-refractivity contribution in [2.75, 3.05) is 18.5 Å². The van der Waals surface area contributed by atoms with Gasteiger partial charge in [-0.05, 0) is 31.0 Å². The third-order valence-electron chi connectivity index (χ3n) is 4.58. The number of nitrogens with one attached hydrogen (secondary N) is 1. The van der Waals surface area contributed by atoms with E-state index in [-0.39, 0.29) is 23.9 Å². The summed E-state index contributed by atoms with van der Waals surface area (Å²) in [5.41, 5.74) is 0.785. The molecule has 0 radical (unpaired) electrons. The van der Waals surface area contributed by atoms with E-state index in [0.29, 0.717) is 24.6 Å². The molecule has 0 saturated carbocycles. The molecule has 10 heteroatoms. The van der Waals surface area contributed by atoms with Crippen LogP contribution in [-0.4, -0.2) is 42.9 Å². The monoisotopic (exact) mass is 411 g/mol. The van der Waals surface area contributed by atoms with E-state index in [0.717, 1.165) is 23.1 Å². The Bertz CT molecular complexity index is 970. The lowest BCUT2D eigenvalue weighted by molar-refractivity contribution is -0.124. The molecule has 0 bridgehead atoms. The second kappa shape index (κ2) is 7.27. The predicted molar refractivity (Wildman–Crippen MR) is 97.4 cm³/mol. The standard InChI is InChI=1S/C17H18FN3O4S2/c18-11-3-1-4-12(9-11)27(23,24)21-7-6-13-15(10-21)26-17(19-13)20-16(22)14-5-2-8-25-14/h1,3-4,9,14H,2,5-8,10H2,(H,19,20,22). The van der Waals surface area contributed by atoms with E-state index >= 15 is 0 Å². The van der Waals surface area contributed by atoms with Gasteiger partial charge in [0.25, 0.3) is 5.91 Å². The molecule has 1 amide bonds. The minimum atomic E-state index is -3.79. The van der Waals surface area contributed by atoms with Gasteiger partial charge in [0.15, 0.2) is 5.13 Å². The van der Waals surface area contributed by atoms with Crippen LogP contribution in [0.3, 0.4) is 0 Å². The summed E-state index contributed by atoms with van der Waals surface area (Å²) >= 11 is 1.26. The van der Waals surface area contributed by atoms with Gasteiger partial charge in [-0.15, -0.1) is 11.3 Å². The molecular weight excluding hydrogens is 393 g/mol. The van der Waals surface area contributed by atoms with Gasteiger partial charge in [-0.3, -0.25) is 10.1 Å². The Morgan fingerprint density at radius 1 is 1.41 bits per heavy atom. The largest absolute Gasteiger partial charge is 0.368 e. The van der Waals surface area contributed by atoms with E-state index in [9.17, 15) is 17.6 Å². The van der Waals surface area contributed by atoms with Gasteiger partial charge in [-0.25, -0.2) is 17.8 Å². The Balaban J connectivity index is 1.50. The first-order chi connectivity index (χ1) is 12.9. The Morgan fingerprint density at radius 3 is 3.00 bits per heavy atom. The van der Waals surface area contributed by atoms with Crippen LogP contribution in [0.2, 0.25) is 0 Å². The fourth-order valence-corrected chi connectivity index (χ4v) is 5.73. The van der Waals surface area contributed by atoms with Crippen LogP contribution in [0.1, 0.15) is 23.4 Å². The number of thiazole rings is 1. The highest BCUT2D eigenvalue weighted by Gasteiger charge is 2.31. The summed E-state index contributed by atoms with van der Waals surface area (Å²) in [4.78, 5) is 17.3. The average Bonchev–Trinajstić information content (AvgIpc) is 3.30. The van der Waals surface area contributed by atoms with E-state index < -0.39 is 21.9 Å². The molecule has 2 aromatic rings. The number of ether oxygens (including phenoxy) is 1. The number of hydrogen-bond donors (Lipinski definition) is 1. The minimum Gasteiger partial charge on any atom is -0.368 e. The number of anilines is 1. The fraction of sp³-hybridized carbons (Fsp3) is 0.412. The zero-order valence-corrected chi connectivity index (χ0v) is 16.0. The molecule has 0 aliphatic carbocycles. The lowest BCUT2D eigenvalue weighted by Crippen LogP contribution is -2.35. The molecule has 1 unspecified atom stereocenters. The first-order valence-corrected chi connectivity index (χ1v) is 10.9. The molecule has 1 aromatic heterocycles. The zero-order valence-electron chi connectivity index (χ0n) is 14.4. The summed E-state index contributed by atoms with van der Waals surface area (Å²) in [5.74, 6) is -0.812. The number of hydrogen-bond acceptors (Lipinski definition) is 6. The molecule has 2 aliphatic heterocycles. The molecule has 0 spiro atoms. The van der Waals surface area contributed by atoms with Gasteiger partial charge in [-0.2, -0.15) is 4.31 Å². The number of fused-ring (bicyclic) bond motifs is 1. The van der Waals surface area contributed by atoms with Gasteiger partial charge in [0.2, 0.25) is 10.0 Å². The lowest BCUT2D eigenvalue weighted by atomic mass is 10.2. The van der Waals surface area contributed by atoms with Crippen molar-refractivity contribution in [1.29, 1.82) is 0 Å². The van der Waals surface area contributed by atoms with Crippen LogP contribution in [0, 0.1) is 5.82 Å². The number of rotatable bonds is 4. The van der Waals surface area contributed by atoms with Crippen molar-refractivity contribution in [2.24, 2.45) is 0 Å². The van der Waals surface area contributed by atoms with Crippen LogP contribution < -0.4 is 5.32 Å². The molecule has 4 rings (SSSR count). The van der Waals surface area contributed by atoms with Crippen molar-refractivity contribution in [3.63, 3.8) is 0 Å². The number of benzene rings is 1. The molecule has 1 atom stereocenters. The molecule has 7 nitrogen and oxygen atoms in total. The van der Waals surface area contributed by atoms with Crippen molar-refractivity contribution < 1.29 is 22.3 Å². The zero-order chi connectivity index (χ0) is 19.0. The summed E-state index contributed by atoms with van der Waals surface area (Å²) in [7, 11) is -3.79. The molecule has 3 heterocycles. The highest BCUT2D eigenvalue weighted by Crippen LogP contribution is 2.31. The molecule has 1 aromatic carbocycles. The van der Waals surface area contributed by atoms with Crippen molar-refractivity contribution in [1.82, 2.24) is 9.29 Å².